The lowest BCUT2D eigenvalue weighted by molar-refractivity contribution is -0.153. The molecule has 100 valence electrons. The molecule has 6 heteroatoms. The molecular weight excluding hydrogens is 256 g/mol. The Hall–Kier alpha value is -1.82. The third kappa shape index (κ3) is 1.35. The molecule has 2 amide bonds. The molecule has 1 saturated heterocycles. The number of amides is 2. The fraction of sp³-hybridized carbons (Fsp3) is 0.385. The van der Waals surface area contributed by atoms with Crippen LogP contribution >= 0.6 is 0 Å². The number of aliphatic hydroxyl groups is 1. The Morgan fingerprint density at radius 3 is 2.53 bits per heavy atom. The van der Waals surface area contributed by atoms with E-state index in [2.05, 4.69) is 0 Å². The maximum Gasteiger partial charge on any atom is 0.286 e. The number of likely N-dealkylation sites (tertiary alicyclic amines) is 1. The minimum absolute atomic E-state index is 0.0187. The predicted molar refractivity (Wildman–Crippen MR) is 60.1 cm³/mol. The first kappa shape index (κ1) is 12.2. The number of alkyl halides is 2. The number of hydrogen-bond donors (Lipinski definition) is 1. The molecule has 1 fully saturated rings. The van der Waals surface area contributed by atoms with Crippen LogP contribution in [-0.4, -0.2) is 28.9 Å². The summed E-state index contributed by atoms with van der Waals surface area (Å²) in [6.07, 6.45) is -1.37. The minimum Gasteiger partial charge on any atom is -0.388 e. The lowest BCUT2D eigenvalue weighted by Crippen LogP contribution is -2.42. The van der Waals surface area contributed by atoms with Crippen LogP contribution in [0, 0.1) is 11.8 Å². The van der Waals surface area contributed by atoms with Crippen LogP contribution in [0.3, 0.4) is 0 Å². The highest BCUT2D eigenvalue weighted by molar-refractivity contribution is 6.06. The zero-order valence-corrected chi connectivity index (χ0v) is 10.0. The van der Waals surface area contributed by atoms with E-state index in [9.17, 15) is 23.5 Å². The highest BCUT2D eigenvalue weighted by Gasteiger charge is 2.64. The van der Waals surface area contributed by atoms with Crippen LogP contribution in [0.5, 0.6) is 0 Å². The Labute approximate surface area is 107 Å². The van der Waals surface area contributed by atoms with Gasteiger partial charge in [-0.05, 0) is 5.56 Å². The van der Waals surface area contributed by atoms with Gasteiger partial charge in [-0.1, -0.05) is 24.3 Å². The van der Waals surface area contributed by atoms with Crippen molar-refractivity contribution in [3.8, 4) is 0 Å². The van der Waals surface area contributed by atoms with Crippen molar-refractivity contribution in [3.05, 3.63) is 35.4 Å². The highest BCUT2D eigenvalue weighted by Crippen LogP contribution is 2.54. The predicted octanol–water partition coefficient (Wildman–Crippen LogP) is 1.06. The van der Waals surface area contributed by atoms with Crippen molar-refractivity contribution in [3.63, 3.8) is 0 Å². The number of carbonyl (C=O) groups excluding carboxylic acids is 2. The molecule has 19 heavy (non-hydrogen) atoms. The van der Waals surface area contributed by atoms with E-state index in [0.717, 1.165) is 7.05 Å². The Balaban J connectivity index is 2.25. The normalized spacial score (nSPS) is 32.2. The molecule has 0 saturated carbocycles. The topological polar surface area (TPSA) is 57.6 Å². The zero-order chi connectivity index (χ0) is 13.9. The number of fused-ring (bicyclic) bond motifs is 2. The second-order valence-corrected chi connectivity index (χ2v) is 4.89. The molecule has 0 bridgehead atoms. The second kappa shape index (κ2) is 3.60. The van der Waals surface area contributed by atoms with Crippen molar-refractivity contribution >= 4 is 11.8 Å². The first-order chi connectivity index (χ1) is 8.87. The van der Waals surface area contributed by atoms with E-state index >= 15 is 0 Å². The lowest BCUT2D eigenvalue weighted by atomic mass is 9.72. The molecule has 1 aromatic carbocycles. The van der Waals surface area contributed by atoms with Gasteiger partial charge in [0.25, 0.3) is 5.92 Å². The van der Waals surface area contributed by atoms with E-state index in [1.807, 2.05) is 0 Å². The number of nitrogens with zero attached hydrogens (tertiary/aromatic N) is 1. The maximum atomic E-state index is 14.4. The van der Waals surface area contributed by atoms with Crippen molar-refractivity contribution < 1.29 is 23.5 Å². The van der Waals surface area contributed by atoms with Gasteiger partial charge in [0, 0.05) is 12.6 Å². The van der Waals surface area contributed by atoms with Gasteiger partial charge >= 0.3 is 0 Å². The third-order valence-corrected chi connectivity index (χ3v) is 3.94. The molecule has 0 aromatic heterocycles. The number of benzene rings is 1. The molecule has 0 spiro atoms. The summed E-state index contributed by atoms with van der Waals surface area (Å²) in [5.74, 6) is -8.35. The molecular formula is C13H11F2NO3. The van der Waals surface area contributed by atoms with Crippen LogP contribution < -0.4 is 0 Å². The highest BCUT2D eigenvalue weighted by atomic mass is 19.3. The first-order valence-corrected chi connectivity index (χ1v) is 5.84. The number of imide groups is 1. The number of halogens is 2. The number of rotatable bonds is 0. The first-order valence-electron chi connectivity index (χ1n) is 5.84. The SMILES string of the molecule is CN1C(=O)C2C(O)c3ccccc3C(F)(F)C2C1=O. The summed E-state index contributed by atoms with van der Waals surface area (Å²) in [6, 6.07) is 5.49. The fourth-order valence-corrected chi connectivity index (χ4v) is 2.95. The third-order valence-electron chi connectivity index (χ3n) is 3.94. The van der Waals surface area contributed by atoms with Crippen LogP contribution in [0.1, 0.15) is 17.2 Å². The van der Waals surface area contributed by atoms with Gasteiger partial charge in [-0.3, -0.25) is 14.5 Å². The van der Waals surface area contributed by atoms with Gasteiger partial charge < -0.3 is 5.11 Å². The van der Waals surface area contributed by atoms with Gasteiger partial charge in [-0.25, -0.2) is 8.78 Å². The smallest absolute Gasteiger partial charge is 0.286 e. The van der Waals surface area contributed by atoms with Crippen LogP contribution in [0.15, 0.2) is 24.3 Å². The van der Waals surface area contributed by atoms with E-state index in [1.54, 1.807) is 0 Å². The number of aliphatic hydroxyl groups excluding tert-OH is 1. The minimum atomic E-state index is -3.45. The van der Waals surface area contributed by atoms with E-state index < -0.39 is 35.7 Å². The Bertz CT molecular complexity index is 587. The molecule has 1 aromatic rings. The number of carbonyl (C=O) groups is 2. The van der Waals surface area contributed by atoms with E-state index in [0.29, 0.717) is 4.90 Å². The molecule has 3 atom stereocenters. The molecule has 0 radical (unpaired) electrons. The summed E-state index contributed by atoms with van der Waals surface area (Å²) in [7, 11) is 1.16. The quantitative estimate of drug-likeness (QED) is 0.715. The molecule has 1 N–H and O–H groups in total. The van der Waals surface area contributed by atoms with Gasteiger partial charge in [0.1, 0.15) is 5.92 Å². The lowest BCUT2D eigenvalue weighted by Gasteiger charge is -2.35. The second-order valence-electron chi connectivity index (χ2n) is 4.89. The summed E-state index contributed by atoms with van der Waals surface area (Å²) in [5, 5.41) is 10.1. The summed E-state index contributed by atoms with van der Waals surface area (Å²) in [6.45, 7) is 0. The summed E-state index contributed by atoms with van der Waals surface area (Å²) >= 11 is 0. The molecule has 4 nitrogen and oxygen atoms in total. The Kier molecular flexibility index (Phi) is 2.32. The average molecular weight is 267 g/mol. The number of hydrogen-bond acceptors (Lipinski definition) is 3. The fourth-order valence-electron chi connectivity index (χ4n) is 2.95. The molecule has 1 aliphatic carbocycles. The van der Waals surface area contributed by atoms with Gasteiger partial charge in [0.2, 0.25) is 11.8 Å². The van der Waals surface area contributed by atoms with Crippen molar-refractivity contribution in [1.82, 2.24) is 4.90 Å². The van der Waals surface area contributed by atoms with Gasteiger partial charge in [-0.2, -0.15) is 0 Å². The molecule has 3 unspecified atom stereocenters. The molecule has 2 aliphatic rings. The monoisotopic (exact) mass is 267 g/mol. The van der Waals surface area contributed by atoms with Crippen molar-refractivity contribution in [2.45, 2.75) is 12.0 Å². The summed E-state index contributed by atoms with van der Waals surface area (Å²) < 4.78 is 28.8. The van der Waals surface area contributed by atoms with Gasteiger partial charge in [0.05, 0.1) is 12.0 Å². The average Bonchev–Trinajstić information content (AvgIpc) is 2.62. The zero-order valence-electron chi connectivity index (χ0n) is 10.0. The van der Waals surface area contributed by atoms with Crippen molar-refractivity contribution in [2.75, 3.05) is 7.05 Å². The molecule has 3 rings (SSSR count). The van der Waals surface area contributed by atoms with E-state index in [-0.39, 0.29) is 11.1 Å². The Morgan fingerprint density at radius 1 is 1.21 bits per heavy atom. The molecule has 1 heterocycles. The van der Waals surface area contributed by atoms with E-state index in [1.165, 1.54) is 24.3 Å². The van der Waals surface area contributed by atoms with Crippen LogP contribution in [0.4, 0.5) is 8.78 Å². The van der Waals surface area contributed by atoms with Crippen LogP contribution in [0.25, 0.3) is 0 Å². The van der Waals surface area contributed by atoms with Crippen LogP contribution in [-0.2, 0) is 15.5 Å². The largest absolute Gasteiger partial charge is 0.388 e. The molecule has 1 aliphatic heterocycles. The van der Waals surface area contributed by atoms with Crippen molar-refractivity contribution in [2.24, 2.45) is 11.8 Å². The van der Waals surface area contributed by atoms with E-state index in [4.69, 9.17) is 0 Å². The standard InChI is InChI=1S/C13H11F2NO3/c1-16-11(18)8-9(12(16)19)13(14,15)7-5-3-2-4-6(7)10(8)17/h2-5,8-10,17H,1H3. The Morgan fingerprint density at radius 2 is 1.84 bits per heavy atom. The van der Waals surface area contributed by atoms with Gasteiger partial charge in [0.15, 0.2) is 0 Å². The van der Waals surface area contributed by atoms with Crippen molar-refractivity contribution in [1.29, 1.82) is 0 Å². The summed E-state index contributed by atoms with van der Waals surface area (Å²) in [5.41, 5.74) is -0.356. The van der Waals surface area contributed by atoms with Crippen LogP contribution in [0.2, 0.25) is 0 Å². The maximum absolute atomic E-state index is 14.4. The summed E-state index contributed by atoms with van der Waals surface area (Å²) in [4.78, 5) is 24.4. The van der Waals surface area contributed by atoms with Gasteiger partial charge in [-0.15, -0.1) is 0 Å².